The summed E-state index contributed by atoms with van der Waals surface area (Å²) < 4.78 is 18.6. The van der Waals surface area contributed by atoms with Crippen molar-refractivity contribution in [3.05, 3.63) is 58.9 Å². The van der Waals surface area contributed by atoms with Gasteiger partial charge in [0.15, 0.2) is 6.61 Å². The van der Waals surface area contributed by atoms with E-state index in [4.69, 9.17) is 16.3 Å². The number of hydrogen-bond acceptors (Lipinski definition) is 4. The maximum Gasteiger partial charge on any atom is 0.343 e. The fraction of sp³-hybridized carbons (Fsp3) is 0.333. The van der Waals surface area contributed by atoms with Gasteiger partial charge >= 0.3 is 5.97 Å². The molecule has 7 heteroatoms. The van der Waals surface area contributed by atoms with E-state index in [-0.39, 0.29) is 10.6 Å². The van der Waals surface area contributed by atoms with Crippen LogP contribution >= 0.6 is 11.6 Å². The van der Waals surface area contributed by atoms with Crippen LogP contribution in [0.2, 0.25) is 5.02 Å². The van der Waals surface area contributed by atoms with Crippen molar-refractivity contribution in [3.8, 4) is 0 Å². The molecule has 1 amide bonds. The molecule has 0 saturated carbocycles. The highest BCUT2D eigenvalue weighted by molar-refractivity contribution is 6.33. The van der Waals surface area contributed by atoms with E-state index in [9.17, 15) is 14.0 Å². The Kier molecular flexibility index (Phi) is 6.87. The number of anilines is 2. The standard InChI is InChI=1S/C21H22ClFN2O3/c22-17-6-5-7-18(23)20(17)21(27)28-14-19(26)24-15-8-10-16(11-9-15)25-12-3-1-2-4-13-25/h5-11H,1-4,12-14H2,(H,24,26). The Bertz CT molecular complexity index is 814. The number of benzene rings is 2. The Morgan fingerprint density at radius 1 is 1.04 bits per heavy atom. The number of rotatable bonds is 5. The first-order valence-corrected chi connectivity index (χ1v) is 9.68. The second kappa shape index (κ2) is 9.55. The van der Waals surface area contributed by atoms with Crippen molar-refractivity contribution in [3.63, 3.8) is 0 Å². The molecule has 2 aromatic rings. The van der Waals surface area contributed by atoms with Crippen molar-refractivity contribution in [1.29, 1.82) is 0 Å². The maximum absolute atomic E-state index is 13.7. The summed E-state index contributed by atoms with van der Waals surface area (Å²) in [5.41, 5.74) is 1.35. The summed E-state index contributed by atoms with van der Waals surface area (Å²) >= 11 is 5.81. The zero-order chi connectivity index (χ0) is 19.9. The summed E-state index contributed by atoms with van der Waals surface area (Å²) in [6.45, 7) is 1.55. The van der Waals surface area contributed by atoms with Gasteiger partial charge in [0.2, 0.25) is 0 Å². The molecule has 1 saturated heterocycles. The lowest BCUT2D eigenvalue weighted by atomic mass is 10.2. The molecule has 0 aromatic heterocycles. The van der Waals surface area contributed by atoms with E-state index < -0.39 is 24.3 Å². The van der Waals surface area contributed by atoms with Gasteiger partial charge in [-0.15, -0.1) is 0 Å². The number of nitrogens with one attached hydrogen (secondary N) is 1. The van der Waals surface area contributed by atoms with Gasteiger partial charge in [-0.25, -0.2) is 9.18 Å². The number of ether oxygens (including phenoxy) is 1. The molecule has 5 nitrogen and oxygen atoms in total. The van der Waals surface area contributed by atoms with Crippen LogP contribution in [0.5, 0.6) is 0 Å². The van der Waals surface area contributed by atoms with Gasteiger partial charge in [-0.05, 0) is 49.2 Å². The minimum absolute atomic E-state index is 0.0606. The molecular formula is C21H22ClFN2O3. The highest BCUT2D eigenvalue weighted by Gasteiger charge is 2.18. The van der Waals surface area contributed by atoms with Crippen molar-refractivity contribution in [2.24, 2.45) is 0 Å². The number of esters is 1. The predicted octanol–water partition coefficient (Wildman–Crippen LogP) is 4.66. The molecule has 1 aliphatic rings. The van der Waals surface area contributed by atoms with Crippen LogP contribution in [-0.4, -0.2) is 31.6 Å². The van der Waals surface area contributed by atoms with Gasteiger partial charge in [-0.1, -0.05) is 30.5 Å². The van der Waals surface area contributed by atoms with Crippen LogP contribution in [0.4, 0.5) is 15.8 Å². The molecule has 2 aromatic carbocycles. The van der Waals surface area contributed by atoms with E-state index in [2.05, 4.69) is 10.2 Å². The van der Waals surface area contributed by atoms with Gasteiger partial charge in [-0.3, -0.25) is 4.79 Å². The lowest BCUT2D eigenvalue weighted by Crippen LogP contribution is -2.24. The highest BCUT2D eigenvalue weighted by atomic mass is 35.5. The van der Waals surface area contributed by atoms with Crippen molar-refractivity contribution < 1.29 is 18.7 Å². The lowest BCUT2D eigenvalue weighted by Gasteiger charge is -2.22. The Morgan fingerprint density at radius 3 is 2.36 bits per heavy atom. The fourth-order valence-electron chi connectivity index (χ4n) is 3.18. The topological polar surface area (TPSA) is 58.6 Å². The summed E-state index contributed by atoms with van der Waals surface area (Å²) in [6.07, 6.45) is 4.91. The first-order valence-electron chi connectivity index (χ1n) is 9.30. The second-order valence-corrected chi connectivity index (χ2v) is 7.08. The van der Waals surface area contributed by atoms with E-state index in [1.807, 2.05) is 24.3 Å². The van der Waals surface area contributed by atoms with Gasteiger partial charge in [0.1, 0.15) is 11.4 Å². The summed E-state index contributed by atoms with van der Waals surface area (Å²) in [5, 5.41) is 2.60. The SMILES string of the molecule is O=C(COC(=O)c1c(F)cccc1Cl)Nc1ccc(N2CCCCCC2)cc1. The summed E-state index contributed by atoms with van der Waals surface area (Å²) in [6, 6.07) is 11.4. The van der Waals surface area contributed by atoms with Crippen LogP contribution in [-0.2, 0) is 9.53 Å². The van der Waals surface area contributed by atoms with Crippen molar-refractivity contribution >= 4 is 34.9 Å². The molecule has 0 aliphatic carbocycles. The van der Waals surface area contributed by atoms with Gasteiger partial charge in [-0.2, -0.15) is 0 Å². The van der Waals surface area contributed by atoms with Crippen LogP contribution in [0.15, 0.2) is 42.5 Å². The third-order valence-corrected chi connectivity index (χ3v) is 4.94. The number of carbonyl (C=O) groups is 2. The average molecular weight is 405 g/mol. The zero-order valence-corrected chi connectivity index (χ0v) is 16.2. The molecule has 1 heterocycles. The van der Waals surface area contributed by atoms with E-state index in [0.717, 1.165) is 24.8 Å². The molecule has 0 atom stereocenters. The third-order valence-electron chi connectivity index (χ3n) is 4.62. The molecule has 28 heavy (non-hydrogen) atoms. The molecular weight excluding hydrogens is 383 g/mol. The number of hydrogen-bond donors (Lipinski definition) is 1. The zero-order valence-electron chi connectivity index (χ0n) is 15.4. The van der Waals surface area contributed by atoms with Crippen molar-refractivity contribution in [2.45, 2.75) is 25.7 Å². The van der Waals surface area contributed by atoms with Crippen molar-refractivity contribution in [1.82, 2.24) is 0 Å². The third kappa shape index (κ3) is 5.23. The number of carbonyl (C=O) groups excluding carboxylic acids is 2. The van der Waals surface area contributed by atoms with Gasteiger partial charge in [0.05, 0.1) is 5.02 Å². The van der Waals surface area contributed by atoms with E-state index in [1.165, 1.54) is 37.8 Å². The maximum atomic E-state index is 13.7. The van der Waals surface area contributed by atoms with Crippen LogP contribution in [0.25, 0.3) is 0 Å². The average Bonchev–Trinajstić information content (AvgIpc) is 2.96. The second-order valence-electron chi connectivity index (χ2n) is 6.67. The Hall–Kier alpha value is -2.60. The monoisotopic (exact) mass is 404 g/mol. The molecule has 1 fully saturated rings. The highest BCUT2D eigenvalue weighted by Crippen LogP contribution is 2.22. The van der Waals surface area contributed by atoms with E-state index >= 15 is 0 Å². The molecule has 0 spiro atoms. The largest absolute Gasteiger partial charge is 0.452 e. The summed E-state index contributed by atoms with van der Waals surface area (Å²) in [5.74, 6) is -2.28. The first kappa shape index (κ1) is 20.1. The van der Waals surface area contributed by atoms with Gasteiger partial charge < -0.3 is 15.0 Å². The smallest absolute Gasteiger partial charge is 0.343 e. The van der Waals surface area contributed by atoms with E-state index in [0.29, 0.717) is 5.69 Å². The van der Waals surface area contributed by atoms with E-state index in [1.54, 1.807) is 0 Å². The molecule has 1 N–H and O–H groups in total. The predicted molar refractivity (Wildman–Crippen MR) is 107 cm³/mol. The molecule has 3 rings (SSSR count). The molecule has 0 radical (unpaired) electrons. The van der Waals surface area contributed by atoms with Crippen LogP contribution in [0.3, 0.4) is 0 Å². The Morgan fingerprint density at radius 2 is 1.71 bits per heavy atom. The minimum atomic E-state index is -0.977. The van der Waals surface area contributed by atoms with Crippen molar-refractivity contribution in [2.75, 3.05) is 29.9 Å². The number of amides is 1. The minimum Gasteiger partial charge on any atom is -0.452 e. The Balaban J connectivity index is 1.52. The van der Waals surface area contributed by atoms with Crippen LogP contribution in [0.1, 0.15) is 36.0 Å². The molecule has 148 valence electrons. The normalized spacial score (nSPS) is 14.3. The number of halogens is 2. The van der Waals surface area contributed by atoms with Gasteiger partial charge in [0.25, 0.3) is 5.91 Å². The van der Waals surface area contributed by atoms with Crippen LogP contribution < -0.4 is 10.2 Å². The number of nitrogens with zero attached hydrogens (tertiary/aromatic N) is 1. The Labute approximate surface area is 168 Å². The quantitative estimate of drug-likeness (QED) is 0.736. The fourth-order valence-corrected chi connectivity index (χ4v) is 3.42. The molecule has 0 unspecified atom stereocenters. The summed E-state index contributed by atoms with van der Waals surface area (Å²) in [7, 11) is 0. The molecule has 0 bridgehead atoms. The lowest BCUT2D eigenvalue weighted by molar-refractivity contribution is -0.119. The molecule has 1 aliphatic heterocycles. The van der Waals surface area contributed by atoms with Gasteiger partial charge in [0, 0.05) is 24.5 Å². The summed E-state index contributed by atoms with van der Waals surface area (Å²) in [4.78, 5) is 26.3. The van der Waals surface area contributed by atoms with Crippen LogP contribution in [0, 0.1) is 5.82 Å². The first-order chi connectivity index (χ1) is 13.5.